The van der Waals surface area contributed by atoms with Gasteiger partial charge in [0.15, 0.2) is 5.84 Å². The number of amidine groups is 1. The number of halogens is 1. The SMILES string of the molecule is O=C(NC(=NCl)c1ccccc1)c1ccccc1. The van der Waals surface area contributed by atoms with E-state index in [9.17, 15) is 4.79 Å². The lowest BCUT2D eigenvalue weighted by molar-refractivity contribution is 0.0977. The van der Waals surface area contributed by atoms with E-state index in [1.54, 1.807) is 24.3 Å². The van der Waals surface area contributed by atoms with Gasteiger partial charge in [0, 0.05) is 22.9 Å². The summed E-state index contributed by atoms with van der Waals surface area (Å²) < 4.78 is 3.58. The lowest BCUT2D eigenvalue weighted by atomic mass is 10.2. The summed E-state index contributed by atoms with van der Waals surface area (Å²) in [6.07, 6.45) is 0. The zero-order valence-corrected chi connectivity index (χ0v) is 10.3. The average Bonchev–Trinajstić information content (AvgIpc) is 2.46. The number of nitrogens with one attached hydrogen (secondary N) is 1. The van der Waals surface area contributed by atoms with E-state index in [0.29, 0.717) is 11.4 Å². The molecule has 2 aromatic carbocycles. The molecule has 0 atom stereocenters. The summed E-state index contributed by atoms with van der Waals surface area (Å²) in [4.78, 5) is 11.9. The molecule has 0 aromatic heterocycles. The van der Waals surface area contributed by atoms with Crippen molar-refractivity contribution in [2.45, 2.75) is 0 Å². The van der Waals surface area contributed by atoms with Crippen LogP contribution >= 0.6 is 11.8 Å². The summed E-state index contributed by atoms with van der Waals surface area (Å²) in [5, 5.41) is 2.68. The largest absolute Gasteiger partial charge is 0.305 e. The molecular weight excluding hydrogens is 248 g/mol. The second kappa shape index (κ2) is 5.98. The summed E-state index contributed by atoms with van der Waals surface area (Å²) >= 11 is 5.51. The highest BCUT2D eigenvalue weighted by Gasteiger charge is 2.09. The van der Waals surface area contributed by atoms with Gasteiger partial charge in [-0.05, 0) is 12.1 Å². The summed E-state index contributed by atoms with van der Waals surface area (Å²) in [7, 11) is 0. The van der Waals surface area contributed by atoms with E-state index >= 15 is 0 Å². The van der Waals surface area contributed by atoms with Crippen LogP contribution in [0.1, 0.15) is 15.9 Å². The predicted molar refractivity (Wildman–Crippen MR) is 72.7 cm³/mol. The van der Waals surface area contributed by atoms with Gasteiger partial charge >= 0.3 is 0 Å². The molecule has 90 valence electrons. The molecule has 0 spiro atoms. The van der Waals surface area contributed by atoms with Gasteiger partial charge in [-0.25, -0.2) is 0 Å². The fourth-order valence-corrected chi connectivity index (χ4v) is 1.65. The van der Waals surface area contributed by atoms with E-state index in [4.69, 9.17) is 11.8 Å². The molecule has 0 saturated heterocycles. The predicted octanol–water partition coefficient (Wildman–Crippen LogP) is 3.02. The van der Waals surface area contributed by atoms with Gasteiger partial charge in [0.25, 0.3) is 5.91 Å². The van der Waals surface area contributed by atoms with Crippen molar-refractivity contribution >= 4 is 23.5 Å². The maximum absolute atomic E-state index is 11.9. The van der Waals surface area contributed by atoms with E-state index in [-0.39, 0.29) is 5.91 Å². The zero-order valence-electron chi connectivity index (χ0n) is 9.51. The molecule has 0 aliphatic heterocycles. The van der Waals surface area contributed by atoms with Crippen molar-refractivity contribution in [3.8, 4) is 0 Å². The normalized spacial score (nSPS) is 11.1. The van der Waals surface area contributed by atoms with Crippen LogP contribution in [-0.2, 0) is 0 Å². The van der Waals surface area contributed by atoms with Gasteiger partial charge in [-0.3, -0.25) is 4.79 Å². The van der Waals surface area contributed by atoms with Gasteiger partial charge in [-0.15, -0.1) is 0 Å². The molecule has 0 aliphatic carbocycles. The van der Waals surface area contributed by atoms with Crippen LogP contribution in [-0.4, -0.2) is 11.7 Å². The van der Waals surface area contributed by atoms with E-state index in [2.05, 4.69) is 9.83 Å². The van der Waals surface area contributed by atoms with E-state index < -0.39 is 0 Å². The van der Waals surface area contributed by atoms with E-state index in [1.807, 2.05) is 36.4 Å². The lowest BCUT2D eigenvalue weighted by Gasteiger charge is -2.07. The monoisotopic (exact) mass is 258 g/mol. The molecule has 0 radical (unpaired) electrons. The lowest BCUT2D eigenvalue weighted by Crippen LogP contribution is -2.30. The van der Waals surface area contributed by atoms with Gasteiger partial charge in [-0.1, -0.05) is 48.5 Å². The van der Waals surface area contributed by atoms with Crippen molar-refractivity contribution in [3.05, 3.63) is 71.8 Å². The Kier molecular flexibility index (Phi) is 4.10. The molecule has 0 fully saturated rings. The Balaban J connectivity index is 2.16. The number of hydrogen-bond donors (Lipinski definition) is 1. The zero-order chi connectivity index (χ0) is 12.8. The summed E-state index contributed by atoms with van der Waals surface area (Å²) in [5.41, 5.74) is 1.32. The van der Waals surface area contributed by atoms with Crippen molar-refractivity contribution in [3.63, 3.8) is 0 Å². The fourth-order valence-electron chi connectivity index (χ4n) is 1.51. The molecule has 2 rings (SSSR count). The molecule has 1 N–H and O–H groups in total. The van der Waals surface area contributed by atoms with Crippen LogP contribution in [0.3, 0.4) is 0 Å². The van der Waals surface area contributed by atoms with Crippen molar-refractivity contribution < 1.29 is 4.79 Å². The molecule has 1 amide bonds. The van der Waals surface area contributed by atoms with Gasteiger partial charge < -0.3 is 5.32 Å². The first-order valence-corrected chi connectivity index (χ1v) is 5.76. The highest BCUT2D eigenvalue weighted by molar-refractivity contribution is 6.25. The highest BCUT2D eigenvalue weighted by Crippen LogP contribution is 2.03. The van der Waals surface area contributed by atoms with Gasteiger partial charge in [-0.2, -0.15) is 4.51 Å². The number of benzene rings is 2. The third kappa shape index (κ3) is 2.96. The third-order valence-corrected chi connectivity index (χ3v) is 2.57. The average molecular weight is 259 g/mol. The van der Waals surface area contributed by atoms with Crippen molar-refractivity contribution in [1.29, 1.82) is 0 Å². The Morgan fingerprint density at radius 2 is 1.39 bits per heavy atom. The topological polar surface area (TPSA) is 41.5 Å². The van der Waals surface area contributed by atoms with Crippen LogP contribution in [0.5, 0.6) is 0 Å². The maximum Gasteiger partial charge on any atom is 0.256 e. The summed E-state index contributed by atoms with van der Waals surface area (Å²) in [5.74, 6) is 0.102. The Labute approximate surface area is 110 Å². The number of nitrogens with zero attached hydrogens (tertiary/aromatic N) is 1. The molecular formula is C14H11ClN2O. The minimum Gasteiger partial charge on any atom is -0.305 e. The van der Waals surface area contributed by atoms with Crippen LogP contribution in [0.25, 0.3) is 0 Å². The molecule has 4 heteroatoms. The van der Waals surface area contributed by atoms with Crippen LogP contribution < -0.4 is 5.32 Å². The molecule has 0 heterocycles. The van der Waals surface area contributed by atoms with E-state index in [1.165, 1.54) is 0 Å². The van der Waals surface area contributed by atoms with Crippen LogP contribution in [0.15, 0.2) is 65.2 Å². The highest BCUT2D eigenvalue weighted by atomic mass is 35.5. The molecule has 0 unspecified atom stereocenters. The minimum atomic E-state index is -0.237. The molecule has 0 aliphatic rings. The van der Waals surface area contributed by atoms with E-state index in [0.717, 1.165) is 5.56 Å². The molecule has 2 aromatic rings. The second-order valence-electron chi connectivity index (χ2n) is 3.62. The first-order chi connectivity index (χ1) is 8.81. The summed E-state index contributed by atoms with van der Waals surface area (Å²) in [6, 6.07) is 18.2. The van der Waals surface area contributed by atoms with Crippen molar-refractivity contribution in [1.82, 2.24) is 5.32 Å². The first-order valence-electron chi connectivity index (χ1n) is 5.42. The maximum atomic E-state index is 11.9. The standard InChI is InChI=1S/C14H11ClN2O/c15-17-13(11-7-3-1-4-8-11)16-14(18)12-9-5-2-6-10-12/h1-10H,(H,16,17,18). The quantitative estimate of drug-likeness (QED) is 0.653. The number of rotatable bonds is 2. The minimum absolute atomic E-state index is 0.237. The van der Waals surface area contributed by atoms with Crippen LogP contribution in [0.4, 0.5) is 0 Å². The molecule has 18 heavy (non-hydrogen) atoms. The fraction of sp³-hybridized carbons (Fsp3) is 0. The van der Waals surface area contributed by atoms with Gasteiger partial charge in [0.1, 0.15) is 0 Å². The Morgan fingerprint density at radius 1 is 0.889 bits per heavy atom. The summed E-state index contributed by atoms with van der Waals surface area (Å²) in [6.45, 7) is 0. The van der Waals surface area contributed by atoms with Gasteiger partial charge in [0.05, 0.1) is 0 Å². The Hall–Kier alpha value is -2.13. The van der Waals surface area contributed by atoms with Crippen molar-refractivity contribution in [2.24, 2.45) is 4.51 Å². The number of carbonyl (C=O) groups is 1. The first kappa shape index (κ1) is 12.3. The third-order valence-electron chi connectivity index (χ3n) is 2.40. The molecule has 0 saturated carbocycles. The second-order valence-corrected chi connectivity index (χ2v) is 3.79. The molecule has 0 bridgehead atoms. The van der Waals surface area contributed by atoms with Gasteiger partial charge in [0.2, 0.25) is 0 Å². The van der Waals surface area contributed by atoms with Crippen LogP contribution in [0, 0.1) is 0 Å². The smallest absolute Gasteiger partial charge is 0.256 e. The Bertz CT molecular complexity index is 553. The number of hydrogen-bond acceptors (Lipinski definition) is 2. The Morgan fingerprint density at radius 3 is 1.89 bits per heavy atom. The molecule has 3 nitrogen and oxygen atoms in total. The number of carbonyl (C=O) groups excluding carboxylic acids is 1. The van der Waals surface area contributed by atoms with Crippen LogP contribution in [0.2, 0.25) is 0 Å². The number of amides is 1. The van der Waals surface area contributed by atoms with Crippen molar-refractivity contribution in [2.75, 3.05) is 0 Å².